The van der Waals surface area contributed by atoms with Gasteiger partial charge in [0.25, 0.3) is 0 Å². The second-order valence-corrected chi connectivity index (χ2v) is 4.58. The first-order valence-electron chi connectivity index (χ1n) is 6.60. The Morgan fingerprint density at radius 3 is 2.05 bits per heavy atom. The summed E-state index contributed by atoms with van der Waals surface area (Å²) in [6.07, 6.45) is 2.66. The summed E-state index contributed by atoms with van der Waals surface area (Å²) in [5.41, 5.74) is 3.97. The van der Waals surface area contributed by atoms with Crippen LogP contribution in [0.3, 0.4) is 0 Å². The van der Waals surface area contributed by atoms with Gasteiger partial charge in [-0.3, -0.25) is 0 Å². The molecule has 2 nitrogen and oxygen atoms in total. The SMILES string of the molecule is CCc1ccccc1CCc1ccccc1C(=O)O. The van der Waals surface area contributed by atoms with Gasteiger partial charge in [-0.15, -0.1) is 0 Å². The maximum absolute atomic E-state index is 11.2. The minimum atomic E-state index is -0.848. The van der Waals surface area contributed by atoms with Gasteiger partial charge in [0, 0.05) is 0 Å². The van der Waals surface area contributed by atoms with Crippen LogP contribution in [0.25, 0.3) is 0 Å². The average Bonchev–Trinajstić information content (AvgIpc) is 2.45. The monoisotopic (exact) mass is 254 g/mol. The van der Waals surface area contributed by atoms with Gasteiger partial charge in [0.2, 0.25) is 0 Å². The zero-order valence-electron chi connectivity index (χ0n) is 11.1. The molecule has 0 fully saturated rings. The first-order valence-corrected chi connectivity index (χ1v) is 6.60. The molecule has 0 unspecified atom stereocenters. The molecule has 0 atom stereocenters. The largest absolute Gasteiger partial charge is 0.478 e. The topological polar surface area (TPSA) is 37.3 Å². The van der Waals surface area contributed by atoms with E-state index in [2.05, 4.69) is 19.1 Å². The van der Waals surface area contributed by atoms with Crippen molar-refractivity contribution in [3.05, 3.63) is 70.8 Å². The van der Waals surface area contributed by atoms with Crippen LogP contribution >= 0.6 is 0 Å². The predicted molar refractivity (Wildman–Crippen MR) is 76.6 cm³/mol. The van der Waals surface area contributed by atoms with Crippen molar-refractivity contribution < 1.29 is 9.90 Å². The van der Waals surface area contributed by atoms with Crippen LogP contribution in [-0.2, 0) is 19.3 Å². The number of carboxylic acids is 1. The molecule has 0 radical (unpaired) electrons. The number of benzene rings is 2. The van der Waals surface area contributed by atoms with Crippen molar-refractivity contribution in [1.82, 2.24) is 0 Å². The number of carbonyl (C=O) groups is 1. The second kappa shape index (κ2) is 6.19. The normalized spacial score (nSPS) is 10.4. The zero-order valence-corrected chi connectivity index (χ0v) is 11.1. The quantitative estimate of drug-likeness (QED) is 0.882. The summed E-state index contributed by atoms with van der Waals surface area (Å²) in [6, 6.07) is 15.6. The van der Waals surface area contributed by atoms with E-state index in [4.69, 9.17) is 5.11 Å². The van der Waals surface area contributed by atoms with Crippen molar-refractivity contribution in [3.8, 4) is 0 Å². The highest BCUT2D eigenvalue weighted by Crippen LogP contribution is 2.15. The summed E-state index contributed by atoms with van der Waals surface area (Å²) in [5, 5.41) is 9.16. The van der Waals surface area contributed by atoms with E-state index in [0.717, 1.165) is 24.8 Å². The molecule has 1 N–H and O–H groups in total. The minimum Gasteiger partial charge on any atom is -0.478 e. The van der Waals surface area contributed by atoms with Gasteiger partial charge in [-0.1, -0.05) is 49.4 Å². The fourth-order valence-electron chi connectivity index (χ4n) is 2.36. The molecule has 98 valence electrons. The van der Waals surface area contributed by atoms with Crippen LogP contribution in [0.2, 0.25) is 0 Å². The Morgan fingerprint density at radius 1 is 0.895 bits per heavy atom. The lowest BCUT2D eigenvalue weighted by molar-refractivity contribution is 0.0695. The second-order valence-electron chi connectivity index (χ2n) is 4.58. The number of hydrogen-bond donors (Lipinski definition) is 1. The van der Waals surface area contributed by atoms with Gasteiger partial charge in [0.1, 0.15) is 0 Å². The minimum absolute atomic E-state index is 0.413. The molecule has 2 aromatic carbocycles. The number of aryl methyl sites for hydroxylation is 3. The molecule has 0 heterocycles. The Bertz CT molecular complexity index is 573. The Balaban J connectivity index is 2.17. The number of aromatic carboxylic acids is 1. The van der Waals surface area contributed by atoms with Gasteiger partial charge in [-0.25, -0.2) is 4.79 Å². The first kappa shape index (κ1) is 13.3. The lowest BCUT2D eigenvalue weighted by Crippen LogP contribution is -2.04. The van der Waals surface area contributed by atoms with Crippen LogP contribution in [0, 0.1) is 0 Å². The van der Waals surface area contributed by atoms with Crippen LogP contribution in [0.15, 0.2) is 48.5 Å². The van der Waals surface area contributed by atoms with Gasteiger partial charge in [-0.05, 0) is 42.0 Å². The van der Waals surface area contributed by atoms with Gasteiger partial charge >= 0.3 is 5.97 Å². The molecule has 0 amide bonds. The number of hydrogen-bond acceptors (Lipinski definition) is 1. The summed E-state index contributed by atoms with van der Waals surface area (Å²) in [7, 11) is 0. The molecule has 2 rings (SSSR count). The Kier molecular flexibility index (Phi) is 4.35. The van der Waals surface area contributed by atoms with E-state index in [1.165, 1.54) is 11.1 Å². The van der Waals surface area contributed by atoms with Crippen LogP contribution in [0.4, 0.5) is 0 Å². The molecule has 19 heavy (non-hydrogen) atoms. The fraction of sp³-hybridized carbons (Fsp3) is 0.235. The predicted octanol–water partition coefficient (Wildman–Crippen LogP) is 3.73. The van der Waals surface area contributed by atoms with E-state index in [-0.39, 0.29) is 0 Å². The summed E-state index contributed by atoms with van der Waals surface area (Å²) < 4.78 is 0. The van der Waals surface area contributed by atoms with Crippen molar-refractivity contribution in [3.63, 3.8) is 0 Å². The number of carboxylic acid groups (broad SMARTS) is 1. The summed E-state index contributed by atoms with van der Waals surface area (Å²) in [4.78, 5) is 11.2. The Hall–Kier alpha value is -2.09. The molecule has 0 spiro atoms. The van der Waals surface area contributed by atoms with Crippen LogP contribution in [-0.4, -0.2) is 11.1 Å². The smallest absolute Gasteiger partial charge is 0.335 e. The van der Waals surface area contributed by atoms with Crippen LogP contribution in [0.5, 0.6) is 0 Å². The van der Waals surface area contributed by atoms with E-state index in [0.29, 0.717) is 5.56 Å². The third kappa shape index (κ3) is 3.22. The summed E-state index contributed by atoms with van der Waals surface area (Å²) >= 11 is 0. The maximum Gasteiger partial charge on any atom is 0.335 e. The van der Waals surface area contributed by atoms with E-state index < -0.39 is 5.97 Å². The van der Waals surface area contributed by atoms with Crippen molar-refractivity contribution >= 4 is 5.97 Å². The van der Waals surface area contributed by atoms with Gasteiger partial charge < -0.3 is 5.11 Å². The van der Waals surface area contributed by atoms with Crippen LogP contribution in [0.1, 0.15) is 34.0 Å². The summed E-state index contributed by atoms with van der Waals surface area (Å²) in [5.74, 6) is -0.848. The van der Waals surface area contributed by atoms with Crippen molar-refractivity contribution in [2.75, 3.05) is 0 Å². The Labute approximate surface area is 113 Å². The molecule has 2 heteroatoms. The molecule has 0 aliphatic carbocycles. The molecule has 0 aliphatic rings. The third-order valence-corrected chi connectivity index (χ3v) is 3.41. The highest BCUT2D eigenvalue weighted by atomic mass is 16.4. The van der Waals surface area contributed by atoms with Crippen molar-refractivity contribution in [2.24, 2.45) is 0 Å². The molecule has 0 saturated heterocycles. The molecule has 0 bridgehead atoms. The average molecular weight is 254 g/mol. The summed E-state index contributed by atoms with van der Waals surface area (Å²) in [6.45, 7) is 2.14. The number of rotatable bonds is 5. The third-order valence-electron chi connectivity index (χ3n) is 3.41. The molecule has 0 aromatic heterocycles. The first-order chi connectivity index (χ1) is 9.22. The van der Waals surface area contributed by atoms with Crippen molar-refractivity contribution in [1.29, 1.82) is 0 Å². The lowest BCUT2D eigenvalue weighted by Gasteiger charge is -2.09. The standard InChI is InChI=1S/C17H18O2/c1-2-13-7-3-4-8-14(13)11-12-15-9-5-6-10-16(15)17(18)19/h3-10H,2,11-12H2,1H3,(H,18,19). The highest BCUT2D eigenvalue weighted by Gasteiger charge is 2.09. The molecule has 0 saturated carbocycles. The van der Waals surface area contributed by atoms with Gasteiger partial charge in [-0.2, -0.15) is 0 Å². The van der Waals surface area contributed by atoms with Crippen molar-refractivity contribution in [2.45, 2.75) is 26.2 Å². The van der Waals surface area contributed by atoms with Gasteiger partial charge in [0.15, 0.2) is 0 Å². The zero-order chi connectivity index (χ0) is 13.7. The molecule has 0 aliphatic heterocycles. The van der Waals surface area contributed by atoms with E-state index in [1.54, 1.807) is 12.1 Å². The van der Waals surface area contributed by atoms with E-state index in [1.807, 2.05) is 24.3 Å². The maximum atomic E-state index is 11.2. The van der Waals surface area contributed by atoms with Gasteiger partial charge in [0.05, 0.1) is 5.56 Å². The fourth-order valence-corrected chi connectivity index (χ4v) is 2.36. The molecular formula is C17H18O2. The van der Waals surface area contributed by atoms with E-state index in [9.17, 15) is 4.79 Å². The van der Waals surface area contributed by atoms with E-state index >= 15 is 0 Å². The molecular weight excluding hydrogens is 236 g/mol. The lowest BCUT2D eigenvalue weighted by atomic mass is 9.96. The Morgan fingerprint density at radius 2 is 1.42 bits per heavy atom. The highest BCUT2D eigenvalue weighted by molar-refractivity contribution is 5.89. The molecule has 2 aromatic rings. The van der Waals surface area contributed by atoms with Crippen LogP contribution < -0.4 is 0 Å².